The van der Waals surface area contributed by atoms with Gasteiger partial charge in [0, 0.05) is 5.56 Å². The third kappa shape index (κ3) is 3.51. The van der Waals surface area contributed by atoms with Crippen LogP contribution in [0.25, 0.3) is 11.5 Å². The van der Waals surface area contributed by atoms with Crippen molar-refractivity contribution in [3.05, 3.63) is 71.6 Å². The highest BCUT2D eigenvalue weighted by atomic mass is 16.6. The Kier molecular flexibility index (Phi) is 4.70. The Balaban J connectivity index is 1.69. The molecule has 122 valence electrons. The molecule has 1 atom stereocenters. The summed E-state index contributed by atoms with van der Waals surface area (Å²) in [6.07, 6.45) is 0.309. The van der Waals surface area contributed by atoms with E-state index >= 15 is 0 Å². The molecule has 3 rings (SSSR count). The highest BCUT2D eigenvalue weighted by Crippen LogP contribution is 2.23. The van der Waals surface area contributed by atoms with Crippen LogP contribution in [0.5, 0.6) is 0 Å². The lowest BCUT2D eigenvalue weighted by atomic mass is 10.1. The maximum absolute atomic E-state index is 12.2. The summed E-state index contributed by atoms with van der Waals surface area (Å²) in [6, 6.07) is 16.8. The molecule has 0 aliphatic carbocycles. The molecule has 0 saturated heterocycles. The fourth-order valence-corrected chi connectivity index (χ4v) is 2.25. The minimum Gasteiger partial charge on any atom is -0.449 e. The van der Waals surface area contributed by atoms with Gasteiger partial charge >= 0.3 is 5.97 Å². The van der Waals surface area contributed by atoms with Gasteiger partial charge in [-0.05, 0) is 43.2 Å². The highest BCUT2D eigenvalue weighted by molar-refractivity contribution is 5.89. The van der Waals surface area contributed by atoms with E-state index in [0.717, 1.165) is 12.0 Å². The third-order valence-corrected chi connectivity index (χ3v) is 3.69. The van der Waals surface area contributed by atoms with E-state index in [4.69, 9.17) is 9.15 Å². The van der Waals surface area contributed by atoms with Crippen LogP contribution >= 0.6 is 0 Å². The molecule has 0 N–H and O–H groups in total. The van der Waals surface area contributed by atoms with Crippen LogP contribution in [0, 0.1) is 0 Å². The topological polar surface area (TPSA) is 65.2 Å². The first-order valence-electron chi connectivity index (χ1n) is 7.86. The van der Waals surface area contributed by atoms with Crippen LogP contribution in [0.15, 0.2) is 59.0 Å². The number of nitrogens with zero attached hydrogens (tertiary/aromatic N) is 2. The summed E-state index contributed by atoms with van der Waals surface area (Å²) in [7, 11) is 0. The van der Waals surface area contributed by atoms with Crippen molar-refractivity contribution < 1.29 is 13.9 Å². The SMILES string of the molecule is CCc1ccc(C(=O)O[C@@H](C)c2nnc(-c3ccccc3)o2)cc1. The Bertz CT molecular complexity index is 810. The molecule has 2 aromatic carbocycles. The van der Waals surface area contributed by atoms with Gasteiger partial charge in [-0.2, -0.15) is 0 Å². The number of hydrogen-bond donors (Lipinski definition) is 0. The maximum atomic E-state index is 12.2. The van der Waals surface area contributed by atoms with Gasteiger partial charge in [-0.1, -0.05) is 37.3 Å². The predicted octanol–water partition coefficient (Wildman–Crippen LogP) is 4.22. The van der Waals surface area contributed by atoms with Crippen LogP contribution in [0.1, 0.15) is 41.8 Å². The van der Waals surface area contributed by atoms with Gasteiger partial charge in [0.05, 0.1) is 5.56 Å². The molecule has 24 heavy (non-hydrogen) atoms. The molecular formula is C19H18N2O3. The summed E-state index contributed by atoms with van der Waals surface area (Å²) in [5, 5.41) is 7.97. The average Bonchev–Trinajstić information content (AvgIpc) is 3.13. The summed E-state index contributed by atoms with van der Waals surface area (Å²) in [5.41, 5.74) is 2.50. The van der Waals surface area contributed by atoms with Crippen LogP contribution in [-0.2, 0) is 11.2 Å². The Morgan fingerprint density at radius 3 is 2.46 bits per heavy atom. The second kappa shape index (κ2) is 7.08. The van der Waals surface area contributed by atoms with Gasteiger partial charge in [-0.25, -0.2) is 4.79 Å². The Morgan fingerprint density at radius 1 is 1.08 bits per heavy atom. The van der Waals surface area contributed by atoms with E-state index in [1.54, 1.807) is 19.1 Å². The number of esters is 1. The first-order valence-corrected chi connectivity index (χ1v) is 7.86. The average molecular weight is 322 g/mol. The molecular weight excluding hydrogens is 304 g/mol. The van der Waals surface area contributed by atoms with Crippen molar-refractivity contribution in [3.63, 3.8) is 0 Å². The second-order valence-corrected chi connectivity index (χ2v) is 5.41. The van der Waals surface area contributed by atoms with Gasteiger partial charge in [-0.3, -0.25) is 0 Å². The molecule has 0 unspecified atom stereocenters. The van der Waals surface area contributed by atoms with Crippen molar-refractivity contribution in [2.24, 2.45) is 0 Å². The molecule has 1 heterocycles. The number of carbonyl (C=O) groups is 1. The van der Waals surface area contributed by atoms with Crippen LogP contribution in [0.2, 0.25) is 0 Å². The van der Waals surface area contributed by atoms with Crippen LogP contribution < -0.4 is 0 Å². The molecule has 5 nitrogen and oxygen atoms in total. The molecule has 0 spiro atoms. The number of ether oxygens (including phenoxy) is 1. The Labute approximate surface area is 140 Å². The van der Waals surface area contributed by atoms with Crippen LogP contribution in [0.3, 0.4) is 0 Å². The van der Waals surface area contributed by atoms with Crippen LogP contribution in [0.4, 0.5) is 0 Å². The third-order valence-electron chi connectivity index (χ3n) is 3.69. The molecule has 0 aliphatic rings. The predicted molar refractivity (Wildman–Crippen MR) is 89.4 cm³/mol. The van der Waals surface area contributed by atoms with E-state index in [1.807, 2.05) is 42.5 Å². The summed E-state index contributed by atoms with van der Waals surface area (Å²) >= 11 is 0. The molecule has 5 heteroatoms. The summed E-state index contributed by atoms with van der Waals surface area (Å²) in [5.74, 6) is 0.262. The van der Waals surface area contributed by atoms with Gasteiger partial charge in [0.1, 0.15) is 0 Å². The van der Waals surface area contributed by atoms with E-state index < -0.39 is 12.1 Å². The van der Waals surface area contributed by atoms with Gasteiger partial charge in [0.15, 0.2) is 6.10 Å². The summed E-state index contributed by atoms with van der Waals surface area (Å²) in [6.45, 7) is 3.77. The normalized spacial score (nSPS) is 11.9. The molecule has 0 saturated carbocycles. The lowest BCUT2D eigenvalue weighted by Gasteiger charge is -2.09. The number of hydrogen-bond acceptors (Lipinski definition) is 5. The smallest absolute Gasteiger partial charge is 0.338 e. The van der Waals surface area contributed by atoms with E-state index in [-0.39, 0.29) is 5.89 Å². The first kappa shape index (κ1) is 15.9. The zero-order chi connectivity index (χ0) is 16.9. The van der Waals surface area contributed by atoms with E-state index in [9.17, 15) is 4.79 Å². The van der Waals surface area contributed by atoms with Crippen molar-refractivity contribution in [2.75, 3.05) is 0 Å². The molecule has 1 aromatic heterocycles. The van der Waals surface area contributed by atoms with E-state index in [0.29, 0.717) is 11.5 Å². The molecule has 0 bridgehead atoms. The number of rotatable bonds is 5. The van der Waals surface area contributed by atoms with Crippen molar-refractivity contribution in [3.8, 4) is 11.5 Å². The molecule has 0 amide bonds. The van der Waals surface area contributed by atoms with Gasteiger partial charge < -0.3 is 9.15 Å². The van der Waals surface area contributed by atoms with Crippen molar-refractivity contribution in [1.29, 1.82) is 0 Å². The standard InChI is InChI=1S/C19H18N2O3/c1-3-14-9-11-16(12-10-14)19(22)23-13(2)17-20-21-18(24-17)15-7-5-4-6-8-15/h4-13H,3H2,1-2H3/t13-/m0/s1. The fraction of sp³-hybridized carbons (Fsp3) is 0.211. The Hall–Kier alpha value is -2.95. The monoisotopic (exact) mass is 322 g/mol. The van der Waals surface area contributed by atoms with Crippen molar-refractivity contribution in [2.45, 2.75) is 26.4 Å². The second-order valence-electron chi connectivity index (χ2n) is 5.41. The van der Waals surface area contributed by atoms with Crippen molar-refractivity contribution >= 4 is 5.97 Å². The zero-order valence-electron chi connectivity index (χ0n) is 13.6. The molecule has 3 aromatic rings. The fourth-order valence-electron chi connectivity index (χ4n) is 2.25. The van der Waals surface area contributed by atoms with Gasteiger partial charge in [-0.15, -0.1) is 10.2 Å². The highest BCUT2D eigenvalue weighted by Gasteiger charge is 2.19. The van der Waals surface area contributed by atoms with Gasteiger partial charge in [0.2, 0.25) is 5.89 Å². The zero-order valence-corrected chi connectivity index (χ0v) is 13.6. The van der Waals surface area contributed by atoms with E-state index in [1.165, 1.54) is 5.56 Å². The number of aromatic nitrogens is 2. The lowest BCUT2D eigenvalue weighted by Crippen LogP contribution is -2.09. The molecule has 0 aliphatic heterocycles. The summed E-state index contributed by atoms with van der Waals surface area (Å²) < 4.78 is 11.0. The molecule has 0 fully saturated rings. The quantitative estimate of drug-likeness (QED) is 0.658. The summed E-state index contributed by atoms with van der Waals surface area (Å²) in [4.78, 5) is 12.2. The minimum absolute atomic E-state index is 0.271. The first-order chi connectivity index (χ1) is 11.7. The number of carbonyl (C=O) groups excluding carboxylic acids is 1. The van der Waals surface area contributed by atoms with Crippen molar-refractivity contribution in [1.82, 2.24) is 10.2 Å². The Morgan fingerprint density at radius 2 is 1.79 bits per heavy atom. The lowest BCUT2D eigenvalue weighted by molar-refractivity contribution is 0.0280. The number of aryl methyl sites for hydroxylation is 1. The molecule has 0 radical (unpaired) electrons. The van der Waals surface area contributed by atoms with E-state index in [2.05, 4.69) is 17.1 Å². The maximum Gasteiger partial charge on any atom is 0.338 e. The minimum atomic E-state index is -0.617. The largest absolute Gasteiger partial charge is 0.449 e. The van der Waals surface area contributed by atoms with Crippen LogP contribution in [-0.4, -0.2) is 16.2 Å². The van der Waals surface area contributed by atoms with Gasteiger partial charge in [0.25, 0.3) is 5.89 Å². The number of benzene rings is 2.